The minimum absolute atomic E-state index is 0.255. The van der Waals surface area contributed by atoms with Crippen LogP contribution in [-0.2, 0) is 4.79 Å². The van der Waals surface area contributed by atoms with Crippen molar-refractivity contribution in [2.75, 3.05) is 0 Å². The Morgan fingerprint density at radius 3 is 2.10 bits per heavy atom. The Morgan fingerprint density at radius 1 is 1.50 bits per heavy atom. The van der Waals surface area contributed by atoms with Crippen LogP contribution in [0, 0.1) is 0 Å². The van der Waals surface area contributed by atoms with E-state index in [2.05, 4.69) is 6.58 Å². The van der Waals surface area contributed by atoms with Crippen molar-refractivity contribution >= 4 is 5.91 Å². The van der Waals surface area contributed by atoms with Crippen molar-refractivity contribution < 1.29 is 10.0 Å². The van der Waals surface area contributed by atoms with Crippen molar-refractivity contribution in [2.24, 2.45) is 0 Å². The lowest BCUT2D eigenvalue weighted by Crippen LogP contribution is -2.17. The molecule has 10 heavy (non-hydrogen) atoms. The molecule has 1 aliphatic heterocycles. The molecule has 0 saturated carbocycles. The summed E-state index contributed by atoms with van der Waals surface area (Å²) in [7, 11) is 0. The molecular formula is C7H13NO2. The van der Waals surface area contributed by atoms with Gasteiger partial charge in [0, 0.05) is 12.1 Å². The minimum Gasteiger partial charge on any atom is -0.281 e. The van der Waals surface area contributed by atoms with Gasteiger partial charge in [0.2, 0.25) is 0 Å². The Kier molecular flexibility index (Phi) is 3.72. The highest BCUT2D eigenvalue weighted by Gasteiger charge is 2.21. The Labute approximate surface area is 60.9 Å². The van der Waals surface area contributed by atoms with Gasteiger partial charge in [-0.1, -0.05) is 20.4 Å². The average molecular weight is 143 g/mol. The van der Waals surface area contributed by atoms with Crippen LogP contribution in [0.15, 0.2) is 12.3 Å². The number of carbonyl (C=O) groups is 1. The van der Waals surface area contributed by atoms with E-state index >= 15 is 0 Å². The first kappa shape index (κ1) is 9.17. The molecule has 0 aromatic heterocycles. The molecule has 1 amide bonds. The van der Waals surface area contributed by atoms with Gasteiger partial charge >= 0.3 is 0 Å². The Morgan fingerprint density at radius 2 is 2.00 bits per heavy atom. The van der Waals surface area contributed by atoms with Gasteiger partial charge in [-0.05, 0) is 6.42 Å². The third kappa shape index (κ3) is 1.84. The maximum atomic E-state index is 10.4. The third-order valence-electron chi connectivity index (χ3n) is 1.16. The molecular weight excluding hydrogens is 130 g/mol. The van der Waals surface area contributed by atoms with Gasteiger partial charge in [0.15, 0.2) is 0 Å². The van der Waals surface area contributed by atoms with Crippen LogP contribution in [0.25, 0.3) is 0 Å². The zero-order valence-corrected chi connectivity index (χ0v) is 6.42. The van der Waals surface area contributed by atoms with E-state index in [-0.39, 0.29) is 5.91 Å². The zero-order chi connectivity index (χ0) is 8.15. The van der Waals surface area contributed by atoms with Crippen LogP contribution in [0.5, 0.6) is 0 Å². The van der Waals surface area contributed by atoms with Crippen molar-refractivity contribution in [2.45, 2.75) is 26.7 Å². The second kappa shape index (κ2) is 4.06. The molecule has 0 aromatic rings. The Balaban J connectivity index is 0.000000371. The van der Waals surface area contributed by atoms with Crippen LogP contribution in [0.2, 0.25) is 0 Å². The standard InChI is InChI=1S/C5H7NO2.C2H6/c1-4-2-3-5(7)6(4)8;1-2/h8H,1-3H2;1-2H3. The topological polar surface area (TPSA) is 40.5 Å². The van der Waals surface area contributed by atoms with Crippen LogP contribution in [0.3, 0.4) is 0 Å². The molecule has 0 spiro atoms. The van der Waals surface area contributed by atoms with Gasteiger partial charge in [-0.2, -0.15) is 5.06 Å². The van der Waals surface area contributed by atoms with Gasteiger partial charge in [0.25, 0.3) is 5.91 Å². The SMILES string of the molecule is C=C1CCC(=O)N1O.CC. The molecule has 1 N–H and O–H groups in total. The summed E-state index contributed by atoms with van der Waals surface area (Å²) in [5, 5.41) is 9.26. The number of hydrogen-bond acceptors (Lipinski definition) is 2. The largest absolute Gasteiger partial charge is 0.281 e. The summed E-state index contributed by atoms with van der Waals surface area (Å²) in [4.78, 5) is 10.4. The first-order valence-corrected chi connectivity index (χ1v) is 3.41. The molecule has 1 saturated heterocycles. The monoisotopic (exact) mass is 143 g/mol. The number of rotatable bonds is 0. The summed E-state index contributed by atoms with van der Waals surface area (Å²) in [6.45, 7) is 7.44. The first-order chi connectivity index (χ1) is 4.72. The maximum absolute atomic E-state index is 10.4. The van der Waals surface area contributed by atoms with Crippen LogP contribution in [-0.4, -0.2) is 16.2 Å². The highest BCUT2D eigenvalue weighted by atomic mass is 16.5. The van der Waals surface area contributed by atoms with Crippen molar-refractivity contribution in [3.8, 4) is 0 Å². The van der Waals surface area contributed by atoms with Gasteiger partial charge in [-0.3, -0.25) is 10.0 Å². The molecule has 1 rings (SSSR count). The summed E-state index contributed by atoms with van der Waals surface area (Å²) in [5.74, 6) is -0.255. The number of hydroxylamine groups is 2. The quantitative estimate of drug-likeness (QED) is 0.522. The molecule has 0 aromatic carbocycles. The summed E-state index contributed by atoms with van der Waals surface area (Å²) in [5.41, 5.74) is 0.495. The highest BCUT2D eigenvalue weighted by Crippen LogP contribution is 2.16. The lowest BCUT2D eigenvalue weighted by Gasteiger charge is -2.03. The Bertz CT molecular complexity index is 127. The van der Waals surface area contributed by atoms with Gasteiger partial charge in [-0.15, -0.1) is 0 Å². The van der Waals surface area contributed by atoms with Crippen molar-refractivity contribution in [1.82, 2.24) is 5.06 Å². The van der Waals surface area contributed by atoms with Crippen LogP contribution < -0.4 is 0 Å². The van der Waals surface area contributed by atoms with E-state index in [1.165, 1.54) is 0 Å². The molecule has 1 aliphatic rings. The number of hydrogen-bond donors (Lipinski definition) is 1. The number of allylic oxidation sites excluding steroid dienone is 1. The van der Waals surface area contributed by atoms with Crippen molar-refractivity contribution in [3.05, 3.63) is 12.3 Å². The predicted octanol–water partition coefficient (Wildman–Crippen LogP) is 1.54. The Hall–Kier alpha value is -0.830. The predicted molar refractivity (Wildman–Crippen MR) is 38.4 cm³/mol. The van der Waals surface area contributed by atoms with E-state index in [4.69, 9.17) is 5.21 Å². The smallest absolute Gasteiger partial charge is 0.250 e. The summed E-state index contributed by atoms with van der Waals surface area (Å²) >= 11 is 0. The molecule has 0 aliphatic carbocycles. The normalized spacial score (nSPS) is 16.9. The second-order valence-electron chi connectivity index (χ2n) is 1.77. The molecule has 1 heterocycles. The van der Waals surface area contributed by atoms with E-state index in [1.54, 1.807) is 0 Å². The van der Waals surface area contributed by atoms with Crippen LogP contribution >= 0.6 is 0 Å². The van der Waals surface area contributed by atoms with E-state index in [0.29, 0.717) is 23.6 Å². The van der Waals surface area contributed by atoms with Gasteiger partial charge < -0.3 is 0 Å². The molecule has 1 fully saturated rings. The van der Waals surface area contributed by atoms with E-state index in [9.17, 15) is 4.79 Å². The van der Waals surface area contributed by atoms with Gasteiger partial charge in [0.1, 0.15) is 0 Å². The highest BCUT2D eigenvalue weighted by molar-refractivity contribution is 5.79. The lowest BCUT2D eigenvalue weighted by atomic mass is 10.3. The second-order valence-corrected chi connectivity index (χ2v) is 1.77. The molecule has 3 heteroatoms. The van der Waals surface area contributed by atoms with Crippen LogP contribution in [0.1, 0.15) is 26.7 Å². The summed E-state index contributed by atoms with van der Waals surface area (Å²) < 4.78 is 0. The van der Waals surface area contributed by atoms with E-state index in [1.807, 2.05) is 13.8 Å². The number of carbonyl (C=O) groups excluding carboxylic acids is 1. The summed E-state index contributed by atoms with van der Waals surface area (Å²) in [6, 6.07) is 0. The molecule has 58 valence electrons. The van der Waals surface area contributed by atoms with E-state index in [0.717, 1.165) is 0 Å². The average Bonchev–Trinajstić information content (AvgIpc) is 2.25. The number of amides is 1. The summed E-state index contributed by atoms with van der Waals surface area (Å²) in [6.07, 6.45) is 0.991. The van der Waals surface area contributed by atoms with Gasteiger partial charge in [-0.25, -0.2) is 0 Å². The molecule has 0 atom stereocenters. The lowest BCUT2D eigenvalue weighted by molar-refractivity contribution is -0.151. The third-order valence-corrected chi connectivity index (χ3v) is 1.16. The zero-order valence-electron chi connectivity index (χ0n) is 6.42. The van der Waals surface area contributed by atoms with Crippen LogP contribution in [0.4, 0.5) is 0 Å². The van der Waals surface area contributed by atoms with Gasteiger partial charge in [0.05, 0.1) is 0 Å². The molecule has 0 bridgehead atoms. The van der Waals surface area contributed by atoms with E-state index < -0.39 is 0 Å². The number of nitrogens with zero attached hydrogens (tertiary/aromatic N) is 1. The maximum Gasteiger partial charge on any atom is 0.250 e. The first-order valence-electron chi connectivity index (χ1n) is 3.41. The van der Waals surface area contributed by atoms with Crippen molar-refractivity contribution in [3.63, 3.8) is 0 Å². The molecule has 3 nitrogen and oxygen atoms in total. The fraction of sp³-hybridized carbons (Fsp3) is 0.571. The fourth-order valence-corrected chi connectivity index (χ4v) is 0.639. The van der Waals surface area contributed by atoms with Crippen molar-refractivity contribution in [1.29, 1.82) is 0 Å². The molecule has 0 radical (unpaired) electrons. The fourth-order valence-electron chi connectivity index (χ4n) is 0.639. The molecule has 0 unspecified atom stereocenters. The minimum atomic E-state index is -0.255.